The second-order valence-corrected chi connectivity index (χ2v) is 5.95. The van der Waals surface area contributed by atoms with Gasteiger partial charge in [0.15, 0.2) is 0 Å². The highest BCUT2D eigenvalue weighted by Crippen LogP contribution is 2.39. The summed E-state index contributed by atoms with van der Waals surface area (Å²) in [6.45, 7) is 1.99. The van der Waals surface area contributed by atoms with E-state index in [4.69, 9.17) is 0 Å². The molecule has 7 nitrogen and oxygen atoms in total. The number of fused-ring (bicyclic) bond motifs is 1. The Morgan fingerprint density at radius 2 is 1.84 bits per heavy atom. The zero-order chi connectivity index (χ0) is 17.6. The summed E-state index contributed by atoms with van der Waals surface area (Å²) in [5.74, 6) is -0.316. The Morgan fingerprint density at radius 3 is 2.56 bits per heavy atom. The molecule has 2 N–H and O–H groups in total. The Hall–Kier alpha value is -3.48. The molecule has 4 rings (SSSR count). The van der Waals surface area contributed by atoms with Crippen molar-refractivity contribution in [2.45, 2.75) is 13.0 Å². The summed E-state index contributed by atoms with van der Waals surface area (Å²) in [7, 11) is 0. The molecule has 1 aliphatic rings. The van der Waals surface area contributed by atoms with E-state index in [1.165, 1.54) is 6.07 Å². The number of aromatic nitrogens is 2. The topological polar surface area (TPSA) is 101 Å². The first kappa shape index (κ1) is 15.1. The van der Waals surface area contributed by atoms with Crippen LogP contribution in [0.15, 0.2) is 48.5 Å². The van der Waals surface area contributed by atoms with E-state index in [1.54, 1.807) is 18.2 Å². The number of aromatic amines is 1. The molecule has 0 saturated carbocycles. The number of hydrogen-bond acceptors (Lipinski definition) is 4. The van der Waals surface area contributed by atoms with Gasteiger partial charge in [-0.2, -0.15) is 5.10 Å². The van der Waals surface area contributed by atoms with E-state index < -0.39 is 11.0 Å². The minimum absolute atomic E-state index is 0.0308. The number of carbonyl (C=O) groups is 1. The molecule has 0 aliphatic carbocycles. The fourth-order valence-corrected chi connectivity index (χ4v) is 3.14. The Labute approximate surface area is 142 Å². The van der Waals surface area contributed by atoms with Gasteiger partial charge in [-0.05, 0) is 13.0 Å². The van der Waals surface area contributed by atoms with Gasteiger partial charge in [-0.3, -0.25) is 20.0 Å². The molecular weight excluding hydrogens is 320 g/mol. The smallest absolute Gasteiger partial charge is 0.275 e. The maximum atomic E-state index is 12.3. The molecule has 124 valence electrons. The summed E-state index contributed by atoms with van der Waals surface area (Å²) in [5.41, 5.74) is 3.98. The highest BCUT2D eigenvalue weighted by atomic mass is 16.6. The van der Waals surface area contributed by atoms with E-state index in [9.17, 15) is 14.9 Å². The standard InChI is InChI=1S/C18H14N4O3/c1-10-6-8-11(9-7-10)15-14-16(19-18(23)17(14)21-20-15)12-4-2-3-5-13(12)22(24)25/h2-9,16H,1H3,(H,19,23)(H,20,21)/t16-/m0/s1. The number of carbonyl (C=O) groups excluding carboxylic acids is 1. The van der Waals surface area contributed by atoms with Crippen molar-refractivity contribution in [1.29, 1.82) is 0 Å². The summed E-state index contributed by atoms with van der Waals surface area (Å²) in [5, 5.41) is 21.2. The Kier molecular flexibility index (Phi) is 3.35. The molecule has 2 aromatic carbocycles. The zero-order valence-corrected chi connectivity index (χ0v) is 13.3. The van der Waals surface area contributed by atoms with Crippen LogP contribution in [0.1, 0.15) is 33.2 Å². The number of H-pyrrole nitrogens is 1. The van der Waals surface area contributed by atoms with Gasteiger partial charge in [0.05, 0.1) is 22.2 Å². The van der Waals surface area contributed by atoms with Crippen molar-refractivity contribution in [3.63, 3.8) is 0 Å². The summed E-state index contributed by atoms with van der Waals surface area (Å²) < 4.78 is 0. The maximum Gasteiger partial charge on any atom is 0.275 e. The lowest BCUT2D eigenvalue weighted by molar-refractivity contribution is -0.385. The van der Waals surface area contributed by atoms with Crippen LogP contribution in [-0.2, 0) is 0 Å². The number of amides is 1. The number of nitrogens with one attached hydrogen (secondary N) is 2. The molecule has 0 unspecified atom stereocenters. The van der Waals surface area contributed by atoms with Crippen LogP contribution in [0.2, 0.25) is 0 Å². The maximum absolute atomic E-state index is 12.3. The number of aryl methyl sites for hydroxylation is 1. The third kappa shape index (κ3) is 2.37. The first-order valence-electron chi connectivity index (χ1n) is 7.75. The minimum Gasteiger partial charge on any atom is -0.339 e. The molecule has 1 aliphatic heterocycles. The van der Waals surface area contributed by atoms with Gasteiger partial charge in [0, 0.05) is 17.2 Å². The quantitative estimate of drug-likeness (QED) is 0.567. The van der Waals surface area contributed by atoms with E-state index in [0.29, 0.717) is 22.5 Å². The first-order valence-corrected chi connectivity index (χ1v) is 7.75. The average molecular weight is 334 g/mol. The van der Waals surface area contributed by atoms with Crippen molar-refractivity contribution < 1.29 is 9.72 Å². The Morgan fingerprint density at radius 1 is 1.12 bits per heavy atom. The number of benzene rings is 2. The van der Waals surface area contributed by atoms with Crippen LogP contribution in [0, 0.1) is 17.0 Å². The van der Waals surface area contributed by atoms with Gasteiger partial charge in [0.2, 0.25) is 0 Å². The van der Waals surface area contributed by atoms with Crippen molar-refractivity contribution >= 4 is 11.6 Å². The van der Waals surface area contributed by atoms with Crippen LogP contribution >= 0.6 is 0 Å². The molecule has 25 heavy (non-hydrogen) atoms. The number of nitro benzene ring substituents is 1. The van der Waals surface area contributed by atoms with Gasteiger partial charge in [-0.1, -0.05) is 42.0 Å². The summed E-state index contributed by atoms with van der Waals surface area (Å²) in [6.07, 6.45) is 0. The number of rotatable bonds is 3. The van der Waals surface area contributed by atoms with E-state index in [-0.39, 0.29) is 11.6 Å². The average Bonchev–Trinajstić information content (AvgIpc) is 3.17. The summed E-state index contributed by atoms with van der Waals surface area (Å²) in [4.78, 5) is 23.2. The predicted octanol–water partition coefficient (Wildman–Crippen LogP) is 3.13. The van der Waals surface area contributed by atoms with Crippen LogP contribution in [0.4, 0.5) is 5.69 Å². The zero-order valence-electron chi connectivity index (χ0n) is 13.3. The van der Waals surface area contributed by atoms with Gasteiger partial charge in [-0.25, -0.2) is 0 Å². The first-order chi connectivity index (χ1) is 12.1. The second kappa shape index (κ2) is 5.55. The number of para-hydroxylation sites is 1. The molecule has 1 amide bonds. The van der Waals surface area contributed by atoms with Crippen molar-refractivity contribution in [2.75, 3.05) is 0 Å². The number of nitro groups is 1. The third-order valence-corrected chi connectivity index (χ3v) is 4.36. The number of hydrogen-bond donors (Lipinski definition) is 2. The van der Waals surface area contributed by atoms with Gasteiger partial charge in [0.25, 0.3) is 11.6 Å². The van der Waals surface area contributed by atoms with Crippen molar-refractivity contribution in [3.05, 3.63) is 81.0 Å². The van der Waals surface area contributed by atoms with E-state index in [2.05, 4.69) is 15.5 Å². The lowest BCUT2D eigenvalue weighted by Crippen LogP contribution is -2.21. The molecule has 1 aromatic heterocycles. The fraction of sp³-hybridized carbons (Fsp3) is 0.111. The van der Waals surface area contributed by atoms with Gasteiger partial charge in [-0.15, -0.1) is 0 Å². The molecule has 7 heteroatoms. The molecular formula is C18H14N4O3. The lowest BCUT2D eigenvalue weighted by atomic mass is 9.95. The largest absolute Gasteiger partial charge is 0.339 e. The molecule has 0 saturated heterocycles. The van der Waals surface area contributed by atoms with Crippen LogP contribution in [0.3, 0.4) is 0 Å². The summed E-state index contributed by atoms with van der Waals surface area (Å²) >= 11 is 0. The third-order valence-electron chi connectivity index (χ3n) is 4.36. The van der Waals surface area contributed by atoms with Crippen molar-refractivity contribution in [2.24, 2.45) is 0 Å². The molecule has 0 radical (unpaired) electrons. The normalized spacial score (nSPS) is 15.7. The minimum atomic E-state index is -0.612. The number of nitrogens with zero attached hydrogens (tertiary/aromatic N) is 2. The Balaban J connectivity index is 1.89. The van der Waals surface area contributed by atoms with Crippen LogP contribution < -0.4 is 5.32 Å². The molecule has 0 bridgehead atoms. The van der Waals surface area contributed by atoms with Gasteiger partial charge < -0.3 is 5.32 Å². The van der Waals surface area contributed by atoms with E-state index in [1.807, 2.05) is 31.2 Å². The monoisotopic (exact) mass is 334 g/mol. The lowest BCUT2D eigenvalue weighted by Gasteiger charge is -2.13. The van der Waals surface area contributed by atoms with Crippen LogP contribution in [0.5, 0.6) is 0 Å². The predicted molar refractivity (Wildman–Crippen MR) is 91.2 cm³/mol. The van der Waals surface area contributed by atoms with E-state index >= 15 is 0 Å². The van der Waals surface area contributed by atoms with Crippen LogP contribution in [-0.4, -0.2) is 21.0 Å². The second-order valence-electron chi connectivity index (χ2n) is 5.95. The van der Waals surface area contributed by atoms with Crippen molar-refractivity contribution in [1.82, 2.24) is 15.5 Å². The van der Waals surface area contributed by atoms with Gasteiger partial charge >= 0.3 is 0 Å². The molecule has 0 spiro atoms. The van der Waals surface area contributed by atoms with Crippen molar-refractivity contribution in [3.8, 4) is 11.3 Å². The fourth-order valence-electron chi connectivity index (χ4n) is 3.14. The molecule has 0 fully saturated rings. The molecule has 2 heterocycles. The molecule has 3 aromatic rings. The SMILES string of the molecule is Cc1ccc(-c2n[nH]c3c2[C@H](c2ccccc2[N+](=O)[O-])NC3=O)cc1. The van der Waals surface area contributed by atoms with Crippen LogP contribution in [0.25, 0.3) is 11.3 Å². The Bertz CT molecular complexity index is 992. The molecule has 1 atom stereocenters. The highest BCUT2D eigenvalue weighted by molar-refractivity contribution is 6.00. The highest BCUT2D eigenvalue weighted by Gasteiger charge is 2.38. The summed E-state index contributed by atoms with van der Waals surface area (Å²) in [6, 6.07) is 13.6. The van der Waals surface area contributed by atoms with Gasteiger partial charge in [0.1, 0.15) is 5.69 Å². The van der Waals surface area contributed by atoms with E-state index in [0.717, 1.165) is 11.1 Å².